The number of nitrogens with zero attached hydrogens (tertiary/aromatic N) is 2. The molecule has 4 rings (SSSR count). The van der Waals surface area contributed by atoms with Crippen LogP contribution in [0.2, 0.25) is 0 Å². The number of carbonyl (C=O) groups is 1. The lowest BCUT2D eigenvalue weighted by molar-refractivity contribution is 0.0764. The summed E-state index contributed by atoms with van der Waals surface area (Å²) < 4.78 is 12.0. The lowest BCUT2D eigenvalue weighted by atomic mass is 9.93. The number of H-pyrrole nitrogens is 1. The number of carbonyl (C=O) groups excluding carboxylic acids is 1. The van der Waals surface area contributed by atoms with Crippen molar-refractivity contribution in [1.82, 2.24) is 15.1 Å². The van der Waals surface area contributed by atoms with Crippen LogP contribution >= 0.6 is 0 Å². The summed E-state index contributed by atoms with van der Waals surface area (Å²) in [6.45, 7) is 15.4. The summed E-state index contributed by atoms with van der Waals surface area (Å²) in [6.07, 6.45) is 2.66. The Kier molecular flexibility index (Phi) is 7.38. The van der Waals surface area contributed by atoms with Crippen LogP contribution in [0.5, 0.6) is 17.2 Å². The highest BCUT2D eigenvalue weighted by molar-refractivity contribution is 6.00. The zero-order valence-electron chi connectivity index (χ0n) is 21.7. The van der Waals surface area contributed by atoms with Crippen molar-refractivity contribution in [2.24, 2.45) is 5.92 Å². The zero-order chi connectivity index (χ0) is 26.0. The molecule has 1 aliphatic heterocycles. The number of phenolic OH excluding ortho intramolecular Hbond substituents is 1. The van der Waals surface area contributed by atoms with Gasteiger partial charge in [-0.25, -0.2) is 0 Å². The molecule has 0 fully saturated rings. The number of amides is 1. The number of hydrogen-bond donors (Lipinski definition) is 2. The number of nitrogens with one attached hydrogen (secondary N) is 1. The average Bonchev–Trinajstić information content (AvgIpc) is 3.34. The molecule has 3 aromatic rings. The number of aromatic hydroxyl groups is 1. The highest BCUT2D eigenvalue weighted by Gasteiger charge is 2.42. The van der Waals surface area contributed by atoms with Crippen molar-refractivity contribution >= 4 is 5.91 Å². The SMILES string of the molecule is C=CCN1C(=O)c2[nH]nc(-c3c(C)cc(C)cc3O)c2C1c1ccc(OCCC(C)C)c(OCC)c1. The van der Waals surface area contributed by atoms with Gasteiger partial charge in [-0.1, -0.05) is 32.1 Å². The van der Waals surface area contributed by atoms with Gasteiger partial charge in [0.1, 0.15) is 17.1 Å². The van der Waals surface area contributed by atoms with E-state index in [0.717, 1.165) is 28.7 Å². The molecule has 0 saturated carbocycles. The quantitative estimate of drug-likeness (QED) is 0.344. The molecule has 7 nitrogen and oxygen atoms in total. The van der Waals surface area contributed by atoms with Gasteiger partial charge in [-0.15, -0.1) is 6.58 Å². The van der Waals surface area contributed by atoms with Gasteiger partial charge in [0.25, 0.3) is 5.91 Å². The van der Waals surface area contributed by atoms with E-state index >= 15 is 0 Å². The van der Waals surface area contributed by atoms with Gasteiger partial charge in [0.15, 0.2) is 11.5 Å². The van der Waals surface area contributed by atoms with E-state index in [0.29, 0.717) is 54.1 Å². The van der Waals surface area contributed by atoms with Crippen molar-refractivity contribution < 1.29 is 19.4 Å². The van der Waals surface area contributed by atoms with Crippen molar-refractivity contribution in [2.75, 3.05) is 19.8 Å². The molecule has 0 aliphatic carbocycles. The molecule has 0 saturated heterocycles. The summed E-state index contributed by atoms with van der Waals surface area (Å²) in [6, 6.07) is 9.10. The standard InChI is InChI=1S/C29H35N3O4/c1-7-12-32-28(20-9-10-22(23(16-20)35-8-2)36-13-11-17(3)4)25-26(30-31-27(25)29(32)34)24-19(6)14-18(5)15-21(24)33/h7,9-10,14-17,28,33H,1,8,11-13H2,2-6H3,(H,30,31). The second-order valence-corrected chi connectivity index (χ2v) is 9.66. The monoisotopic (exact) mass is 489 g/mol. The summed E-state index contributed by atoms with van der Waals surface area (Å²) >= 11 is 0. The number of benzene rings is 2. The van der Waals surface area contributed by atoms with Gasteiger partial charge in [-0.2, -0.15) is 5.10 Å². The maximum Gasteiger partial charge on any atom is 0.273 e. The number of aromatic nitrogens is 2. The molecule has 7 heteroatoms. The summed E-state index contributed by atoms with van der Waals surface area (Å²) in [5.74, 6) is 1.83. The van der Waals surface area contributed by atoms with Gasteiger partial charge in [0, 0.05) is 17.7 Å². The topological polar surface area (TPSA) is 87.7 Å². The Hall–Kier alpha value is -3.74. The van der Waals surface area contributed by atoms with Gasteiger partial charge in [-0.3, -0.25) is 9.89 Å². The smallest absolute Gasteiger partial charge is 0.273 e. The normalized spacial score (nSPS) is 14.9. The van der Waals surface area contributed by atoms with Crippen LogP contribution < -0.4 is 9.47 Å². The van der Waals surface area contributed by atoms with Gasteiger partial charge in [0.2, 0.25) is 0 Å². The molecule has 190 valence electrons. The molecule has 2 N–H and O–H groups in total. The van der Waals surface area contributed by atoms with Gasteiger partial charge in [-0.05, 0) is 68.0 Å². The number of aromatic amines is 1. The van der Waals surface area contributed by atoms with E-state index in [1.54, 1.807) is 17.0 Å². The number of phenols is 1. The molecule has 36 heavy (non-hydrogen) atoms. The lowest BCUT2D eigenvalue weighted by Crippen LogP contribution is -2.29. The maximum atomic E-state index is 13.4. The van der Waals surface area contributed by atoms with E-state index in [4.69, 9.17) is 9.47 Å². The molecule has 0 spiro atoms. The second kappa shape index (κ2) is 10.5. The van der Waals surface area contributed by atoms with Gasteiger partial charge >= 0.3 is 0 Å². The molecule has 1 unspecified atom stereocenters. The van der Waals surface area contributed by atoms with Crippen LogP contribution in [-0.2, 0) is 0 Å². The van der Waals surface area contributed by atoms with Crippen LogP contribution in [0.25, 0.3) is 11.3 Å². The first-order valence-corrected chi connectivity index (χ1v) is 12.5. The Morgan fingerprint density at radius 2 is 1.97 bits per heavy atom. The fourth-order valence-corrected chi connectivity index (χ4v) is 4.80. The third-order valence-electron chi connectivity index (χ3n) is 6.42. The maximum absolute atomic E-state index is 13.4. The van der Waals surface area contributed by atoms with E-state index < -0.39 is 6.04 Å². The molecule has 1 atom stereocenters. The third-order valence-corrected chi connectivity index (χ3v) is 6.42. The lowest BCUT2D eigenvalue weighted by Gasteiger charge is -2.26. The minimum Gasteiger partial charge on any atom is -0.507 e. The largest absolute Gasteiger partial charge is 0.507 e. The first kappa shape index (κ1) is 25.4. The van der Waals surface area contributed by atoms with Crippen molar-refractivity contribution in [3.63, 3.8) is 0 Å². The second-order valence-electron chi connectivity index (χ2n) is 9.66. The molecule has 2 heterocycles. The van der Waals surface area contributed by atoms with Crippen LogP contribution in [0.1, 0.15) is 66.0 Å². The Labute approximate surface area is 212 Å². The highest BCUT2D eigenvalue weighted by atomic mass is 16.5. The van der Waals surface area contributed by atoms with Crippen molar-refractivity contribution in [3.05, 3.63) is 70.9 Å². The third kappa shape index (κ3) is 4.70. The van der Waals surface area contributed by atoms with Crippen molar-refractivity contribution in [1.29, 1.82) is 0 Å². The molecule has 1 aromatic heterocycles. The Bertz CT molecular complexity index is 1250. The van der Waals surface area contributed by atoms with Crippen LogP contribution in [0.4, 0.5) is 0 Å². The molecule has 1 amide bonds. The van der Waals surface area contributed by atoms with E-state index in [1.165, 1.54) is 0 Å². The molecule has 0 radical (unpaired) electrons. The fraction of sp³-hybridized carbons (Fsp3) is 0.379. The average molecular weight is 490 g/mol. The van der Waals surface area contributed by atoms with Crippen molar-refractivity contribution in [2.45, 2.75) is 47.1 Å². The molecule has 0 bridgehead atoms. The first-order valence-electron chi connectivity index (χ1n) is 12.5. The molecular formula is C29H35N3O4. The van der Waals surface area contributed by atoms with Crippen molar-refractivity contribution in [3.8, 4) is 28.5 Å². The minimum absolute atomic E-state index is 0.138. The summed E-state index contributed by atoms with van der Waals surface area (Å²) in [4.78, 5) is 15.2. The van der Waals surface area contributed by atoms with Crippen LogP contribution in [0.3, 0.4) is 0 Å². The number of aryl methyl sites for hydroxylation is 2. The Morgan fingerprint density at radius 1 is 1.19 bits per heavy atom. The highest BCUT2D eigenvalue weighted by Crippen LogP contribution is 2.46. The van der Waals surface area contributed by atoms with Crippen LogP contribution in [0, 0.1) is 19.8 Å². The minimum atomic E-state index is -0.428. The number of rotatable bonds is 10. The predicted octanol–water partition coefficient (Wildman–Crippen LogP) is 5.95. The van der Waals surface area contributed by atoms with Crippen LogP contribution in [0.15, 0.2) is 43.0 Å². The van der Waals surface area contributed by atoms with Gasteiger partial charge in [0.05, 0.1) is 19.3 Å². The first-order chi connectivity index (χ1) is 17.3. The van der Waals surface area contributed by atoms with Gasteiger partial charge < -0.3 is 19.5 Å². The number of ether oxygens (including phenoxy) is 2. The summed E-state index contributed by atoms with van der Waals surface area (Å²) in [5, 5.41) is 18.3. The van der Waals surface area contributed by atoms with E-state index in [1.807, 2.05) is 45.0 Å². The van der Waals surface area contributed by atoms with E-state index in [-0.39, 0.29) is 11.7 Å². The predicted molar refractivity (Wildman–Crippen MR) is 141 cm³/mol. The van der Waals surface area contributed by atoms with Crippen LogP contribution in [-0.4, -0.2) is 45.9 Å². The number of fused-ring (bicyclic) bond motifs is 1. The molecular weight excluding hydrogens is 454 g/mol. The Balaban J connectivity index is 1.83. The Morgan fingerprint density at radius 3 is 2.64 bits per heavy atom. The fourth-order valence-electron chi connectivity index (χ4n) is 4.80. The summed E-state index contributed by atoms with van der Waals surface area (Å²) in [7, 11) is 0. The zero-order valence-corrected chi connectivity index (χ0v) is 21.7. The number of hydrogen-bond acceptors (Lipinski definition) is 5. The summed E-state index contributed by atoms with van der Waals surface area (Å²) in [5.41, 5.74) is 5.06. The van der Waals surface area contributed by atoms with E-state index in [9.17, 15) is 9.90 Å². The molecule has 2 aromatic carbocycles. The molecule has 1 aliphatic rings. The van der Waals surface area contributed by atoms with E-state index in [2.05, 4.69) is 30.6 Å².